The van der Waals surface area contributed by atoms with Gasteiger partial charge in [0.25, 0.3) is 0 Å². The molecule has 0 spiro atoms. The average Bonchev–Trinajstić information content (AvgIpc) is 3.32. The number of rotatable bonds is 33. The fourth-order valence-corrected chi connectivity index (χ4v) is 6.14. The molecule has 0 amide bonds. The first kappa shape index (κ1) is 101. The minimum Gasteiger partial charge on any atom is -0.459 e. The van der Waals surface area contributed by atoms with E-state index in [4.69, 9.17) is 42.6 Å². The number of hydrogen-bond acceptors (Lipinski definition) is 11. The summed E-state index contributed by atoms with van der Waals surface area (Å²) in [6, 6.07) is 0. The Kier molecular flexibility index (Phi) is 83.5. The van der Waals surface area contributed by atoms with Crippen molar-refractivity contribution in [3.8, 4) is 0 Å². The first-order chi connectivity index (χ1) is 37.9. The van der Waals surface area contributed by atoms with Gasteiger partial charge >= 0.3 is 5.97 Å². The third-order valence-corrected chi connectivity index (χ3v) is 9.86. The van der Waals surface area contributed by atoms with Crippen molar-refractivity contribution in [3.63, 3.8) is 0 Å². The van der Waals surface area contributed by atoms with E-state index in [9.17, 15) is 9.90 Å². The zero-order chi connectivity index (χ0) is 67.5. The van der Waals surface area contributed by atoms with Gasteiger partial charge in [-0.15, -0.1) is 0 Å². The van der Waals surface area contributed by atoms with Crippen molar-refractivity contribution in [1.29, 1.82) is 0 Å². The van der Waals surface area contributed by atoms with Crippen molar-refractivity contribution in [1.82, 2.24) is 0 Å². The molecule has 2 atom stereocenters. The van der Waals surface area contributed by atoms with Crippen LogP contribution in [0.3, 0.4) is 0 Å². The number of esters is 1. The van der Waals surface area contributed by atoms with E-state index in [1.807, 2.05) is 34.6 Å². The van der Waals surface area contributed by atoms with Crippen LogP contribution in [0.15, 0.2) is 0 Å². The fourth-order valence-electron chi connectivity index (χ4n) is 6.14. The van der Waals surface area contributed by atoms with Crippen LogP contribution in [-0.2, 0) is 47.4 Å². The Morgan fingerprint density at radius 3 is 0.976 bits per heavy atom. The van der Waals surface area contributed by atoms with Crippen LogP contribution < -0.4 is 0 Å². The smallest absolute Gasteiger partial charge is 0.306 e. The molecule has 514 valence electrons. The van der Waals surface area contributed by atoms with E-state index in [1.54, 1.807) is 13.8 Å². The molecule has 0 radical (unpaired) electrons. The quantitative estimate of drug-likeness (QED) is 0.0499. The molecule has 0 rings (SSSR count). The van der Waals surface area contributed by atoms with Gasteiger partial charge in [-0.3, -0.25) is 4.79 Å². The van der Waals surface area contributed by atoms with Gasteiger partial charge in [0.15, 0.2) is 0 Å². The molecule has 1 N–H and O–H groups in total. The van der Waals surface area contributed by atoms with Gasteiger partial charge in [-0.2, -0.15) is 0 Å². The van der Waals surface area contributed by atoms with E-state index >= 15 is 0 Å². The van der Waals surface area contributed by atoms with Crippen LogP contribution in [0.4, 0.5) is 0 Å². The number of ether oxygens (including phenoxy) is 9. The lowest BCUT2D eigenvalue weighted by Gasteiger charge is -2.32. The maximum atomic E-state index is 11.5. The molecule has 0 bridgehead atoms. The Balaban J connectivity index is -0.000000107. The van der Waals surface area contributed by atoms with Crippen LogP contribution in [0.25, 0.3) is 0 Å². The maximum Gasteiger partial charge on any atom is 0.306 e. The molecule has 0 aliphatic rings. The summed E-state index contributed by atoms with van der Waals surface area (Å²) in [5, 5.41) is 9.85. The van der Waals surface area contributed by atoms with E-state index < -0.39 is 11.7 Å². The lowest BCUT2D eigenvalue weighted by Crippen LogP contribution is -2.43. The summed E-state index contributed by atoms with van der Waals surface area (Å²) >= 11 is 0. The SMILES string of the molecule is CC(C)CC(=O)O[C@@H](C(C)C)C(C)(C)O.CC(C)COC(C)C.CC(C)COCC(C)(C)C.CC(C)COCC(C)C.CCC(C)OCC(C)C.CCCOC(C)C.CCCOCC(C)C.CCOC(C(C)C)C(C)C.CCOCC(C)C. The summed E-state index contributed by atoms with van der Waals surface area (Å²) in [6.45, 7) is 88.2. The lowest BCUT2D eigenvalue weighted by molar-refractivity contribution is -0.167. The molecule has 0 saturated heterocycles. The molecule has 0 aliphatic heterocycles. The largest absolute Gasteiger partial charge is 0.459 e. The highest BCUT2D eigenvalue weighted by atomic mass is 16.6. The van der Waals surface area contributed by atoms with Gasteiger partial charge in [-0.1, -0.05) is 194 Å². The van der Waals surface area contributed by atoms with E-state index in [0.717, 1.165) is 98.5 Å². The number of hydrogen-bond donors (Lipinski definition) is 1. The van der Waals surface area contributed by atoms with Crippen LogP contribution in [0, 0.1) is 70.5 Å². The van der Waals surface area contributed by atoms with Crippen molar-refractivity contribution in [3.05, 3.63) is 0 Å². The van der Waals surface area contributed by atoms with Gasteiger partial charge in [0, 0.05) is 79.1 Å². The lowest BCUT2D eigenvalue weighted by atomic mass is 9.92. The highest BCUT2D eigenvalue weighted by molar-refractivity contribution is 5.69. The second kappa shape index (κ2) is 68.6. The number of aliphatic hydroxyl groups is 1. The monoisotopic (exact) mass is 1200 g/mol. The van der Waals surface area contributed by atoms with Crippen LogP contribution in [0.1, 0.15) is 282 Å². The van der Waals surface area contributed by atoms with Gasteiger partial charge in [-0.25, -0.2) is 0 Å². The van der Waals surface area contributed by atoms with Crippen molar-refractivity contribution < 1.29 is 52.5 Å². The van der Waals surface area contributed by atoms with Gasteiger partial charge in [0.2, 0.25) is 0 Å². The van der Waals surface area contributed by atoms with Gasteiger partial charge in [0.1, 0.15) is 6.10 Å². The summed E-state index contributed by atoms with van der Waals surface area (Å²) in [5.41, 5.74) is -0.671. The van der Waals surface area contributed by atoms with Crippen LogP contribution in [0.2, 0.25) is 0 Å². The van der Waals surface area contributed by atoms with Crippen LogP contribution in [0.5, 0.6) is 0 Å². The second-order valence-corrected chi connectivity index (χ2v) is 28.8. The third kappa shape index (κ3) is 116. The van der Waals surface area contributed by atoms with Crippen molar-refractivity contribution in [2.24, 2.45) is 70.5 Å². The maximum absolute atomic E-state index is 11.5. The molecule has 0 aromatic rings. The molecule has 0 heterocycles. The predicted octanol–water partition coefficient (Wildman–Crippen LogP) is 20.2. The van der Waals surface area contributed by atoms with E-state index in [1.165, 1.54) is 0 Å². The summed E-state index contributed by atoms with van der Waals surface area (Å²) in [5.74, 6) is 6.13. The normalized spacial score (nSPS) is 12.2. The fraction of sp³-hybridized carbons (Fsp3) is 0.986. The summed E-state index contributed by atoms with van der Waals surface area (Å²) in [6.07, 6.45) is 5.00. The molecule has 0 aromatic heterocycles. The summed E-state index contributed by atoms with van der Waals surface area (Å²) in [4.78, 5) is 11.5. The second-order valence-electron chi connectivity index (χ2n) is 28.8. The van der Waals surface area contributed by atoms with Gasteiger partial charge < -0.3 is 47.7 Å². The molecular weight excluding hydrogens is 1040 g/mol. The number of carbonyl (C=O) groups excluding carboxylic acids is 1. The highest BCUT2D eigenvalue weighted by Gasteiger charge is 2.33. The highest BCUT2D eigenvalue weighted by Crippen LogP contribution is 2.22. The van der Waals surface area contributed by atoms with E-state index in [-0.39, 0.29) is 17.8 Å². The molecule has 1 unspecified atom stereocenters. The minimum atomic E-state index is -0.985. The average molecular weight is 1200 g/mol. The molecule has 0 aromatic carbocycles. The Labute approximate surface area is 524 Å². The molecule has 11 heteroatoms. The van der Waals surface area contributed by atoms with Gasteiger partial charge in [-0.05, 0) is 152 Å². The third-order valence-electron chi connectivity index (χ3n) is 9.86. The Morgan fingerprint density at radius 2 is 0.747 bits per heavy atom. The number of carbonyl (C=O) groups is 1. The van der Waals surface area contributed by atoms with Crippen molar-refractivity contribution in [2.45, 2.75) is 318 Å². The van der Waals surface area contributed by atoms with Gasteiger partial charge in [0.05, 0.1) is 36.6 Å². The van der Waals surface area contributed by atoms with E-state index in [0.29, 0.717) is 89.5 Å². The first-order valence-corrected chi connectivity index (χ1v) is 33.6. The zero-order valence-corrected chi connectivity index (χ0v) is 63.6. The molecule has 11 nitrogen and oxygen atoms in total. The van der Waals surface area contributed by atoms with E-state index in [2.05, 4.69) is 208 Å². The first-order valence-electron chi connectivity index (χ1n) is 33.6. The van der Waals surface area contributed by atoms with Crippen LogP contribution in [-0.4, -0.2) is 126 Å². The predicted molar refractivity (Wildman–Crippen MR) is 366 cm³/mol. The zero-order valence-electron chi connectivity index (χ0n) is 63.6. The molecular formula is C72H160O11. The minimum absolute atomic E-state index is 0.112. The van der Waals surface area contributed by atoms with Crippen molar-refractivity contribution in [2.75, 3.05) is 79.3 Å². The Bertz CT molecular complexity index is 1150. The Hall–Kier alpha value is -0.890. The molecule has 0 fully saturated rings. The Morgan fingerprint density at radius 1 is 0.386 bits per heavy atom. The molecule has 0 aliphatic carbocycles. The summed E-state index contributed by atoms with van der Waals surface area (Å²) in [7, 11) is 0. The van der Waals surface area contributed by atoms with Crippen LogP contribution >= 0.6 is 0 Å². The van der Waals surface area contributed by atoms with Crippen molar-refractivity contribution >= 4 is 5.97 Å². The molecule has 0 saturated carbocycles. The standard InChI is InChI=1S/C12H24O3.2C9H20O.2C8H18O.2C7H16O.2C6H14O/c1-8(2)7-10(13)15-11(9(3)4)12(5,6)14;1-8(2)6-10-7-9(3,4)5;1-6-10-9(7(2)3)8(4)5;1-7(2)5-9-6-8(3)4;1-5-8(4)9-6-7(2)3;1-6(2)5-8-7(3)4;1-4-5-8-6-7(2)3;1-4-7-5-6(2)3;1-4-5-7-6(2)3/h8-9,11,14H,7H2,1-6H3;8H,6-7H2,1-5H3;7-9H,6H2,1-5H3;2*7-8H,5-6H2,1-4H3;6-7H,5H2,1-4H3;7H,4-6H2,1-3H3;2*6H,4-5H2,1-3H3/t11-;;;;;;;;/m0......../s1. The summed E-state index contributed by atoms with van der Waals surface area (Å²) < 4.78 is 48.0. The topological polar surface area (TPSA) is 120 Å². The molecule has 83 heavy (non-hydrogen) atoms.